The van der Waals surface area contributed by atoms with Gasteiger partial charge in [0, 0.05) is 39.2 Å². The fourth-order valence-corrected chi connectivity index (χ4v) is 1.61. The highest BCUT2D eigenvalue weighted by Gasteiger charge is 2.07. The largest absolute Gasteiger partial charge is 0.382 e. The first-order chi connectivity index (χ1) is 7.52. The van der Waals surface area contributed by atoms with Crippen molar-refractivity contribution in [2.45, 2.75) is 19.8 Å². The van der Waals surface area contributed by atoms with Gasteiger partial charge in [0.05, 0.1) is 0 Å². The molecule has 0 saturated carbocycles. The van der Waals surface area contributed by atoms with E-state index in [0.29, 0.717) is 5.92 Å². The molecule has 1 rings (SSSR count). The summed E-state index contributed by atoms with van der Waals surface area (Å²) in [7, 11) is 6.14. The van der Waals surface area contributed by atoms with Crippen LogP contribution in [0, 0.1) is 0 Å². The Hall–Kier alpha value is -1.44. The Labute approximate surface area is 99.2 Å². The summed E-state index contributed by atoms with van der Waals surface area (Å²) in [5, 5.41) is 0. The Kier molecular flexibility index (Phi) is 4.41. The fourth-order valence-electron chi connectivity index (χ4n) is 1.61. The second kappa shape index (κ2) is 5.59. The topological polar surface area (TPSA) is 6.48 Å². The minimum atomic E-state index is 0.548. The zero-order valence-corrected chi connectivity index (χ0v) is 10.9. The molecule has 0 aromatic heterocycles. The predicted octanol–water partition coefficient (Wildman–Crippen LogP) is 3.28. The molecule has 0 heterocycles. The van der Waals surface area contributed by atoms with Crippen molar-refractivity contribution in [2.24, 2.45) is 0 Å². The number of para-hydroxylation sites is 1. The van der Waals surface area contributed by atoms with Gasteiger partial charge in [-0.1, -0.05) is 32.0 Å². The number of benzene rings is 1. The van der Waals surface area contributed by atoms with Gasteiger partial charge in [-0.05, 0) is 17.5 Å². The van der Waals surface area contributed by atoms with Crippen LogP contribution < -0.4 is 4.90 Å². The minimum Gasteiger partial charge on any atom is -0.382 e. The van der Waals surface area contributed by atoms with Crippen molar-refractivity contribution in [1.82, 2.24) is 4.90 Å². The number of hydrogen-bond acceptors (Lipinski definition) is 2. The highest BCUT2D eigenvalue weighted by atomic mass is 15.1. The maximum absolute atomic E-state index is 2.22. The van der Waals surface area contributed by atoms with Gasteiger partial charge in [0.2, 0.25) is 0 Å². The van der Waals surface area contributed by atoms with Gasteiger partial charge in [-0.15, -0.1) is 0 Å². The van der Waals surface area contributed by atoms with E-state index >= 15 is 0 Å². The SMILES string of the molecule is CC(C)c1ccccc1N(C)/C=C\N(C)C. The van der Waals surface area contributed by atoms with Crippen LogP contribution in [0.5, 0.6) is 0 Å². The van der Waals surface area contributed by atoms with Gasteiger partial charge in [0.1, 0.15) is 0 Å². The van der Waals surface area contributed by atoms with Crippen molar-refractivity contribution in [3.05, 3.63) is 42.2 Å². The molecule has 0 aliphatic heterocycles. The molecule has 0 N–H and O–H groups in total. The Morgan fingerprint density at radius 2 is 1.62 bits per heavy atom. The van der Waals surface area contributed by atoms with E-state index in [1.165, 1.54) is 11.3 Å². The highest BCUT2D eigenvalue weighted by molar-refractivity contribution is 5.56. The maximum Gasteiger partial charge on any atom is 0.0439 e. The standard InChI is InChI=1S/C14H22N2/c1-12(2)13-8-6-7-9-14(13)16(5)11-10-15(3)4/h6-12H,1-5H3/b11-10-. The summed E-state index contributed by atoms with van der Waals surface area (Å²) >= 11 is 0. The Morgan fingerprint density at radius 1 is 1.00 bits per heavy atom. The molecule has 0 aliphatic rings. The van der Waals surface area contributed by atoms with Gasteiger partial charge in [-0.3, -0.25) is 0 Å². The molecule has 2 heteroatoms. The van der Waals surface area contributed by atoms with Gasteiger partial charge in [0.15, 0.2) is 0 Å². The molecule has 1 aromatic carbocycles. The van der Waals surface area contributed by atoms with E-state index in [9.17, 15) is 0 Å². The van der Waals surface area contributed by atoms with Crippen molar-refractivity contribution >= 4 is 5.69 Å². The average molecular weight is 218 g/mol. The van der Waals surface area contributed by atoms with Crippen LogP contribution in [-0.4, -0.2) is 26.0 Å². The molecule has 0 amide bonds. The summed E-state index contributed by atoms with van der Waals surface area (Å²) in [5.41, 5.74) is 2.66. The van der Waals surface area contributed by atoms with Crippen molar-refractivity contribution in [3.8, 4) is 0 Å². The molecule has 0 saturated heterocycles. The van der Waals surface area contributed by atoms with Gasteiger partial charge >= 0.3 is 0 Å². The monoisotopic (exact) mass is 218 g/mol. The van der Waals surface area contributed by atoms with Gasteiger partial charge < -0.3 is 9.80 Å². The molecule has 0 aliphatic carbocycles. The predicted molar refractivity (Wildman–Crippen MR) is 71.8 cm³/mol. The number of nitrogens with zero attached hydrogens (tertiary/aromatic N) is 2. The van der Waals surface area contributed by atoms with Crippen LogP contribution in [0.3, 0.4) is 0 Å². The van der Waals surface area contributed by atoms with E-state index in [4.69, 9.17) is 0 Å². The normalized spacial score (nSPS) is 11.1. The van der Waals surface area contributed by atoms with Gasteiger partial charge in [0.25, 0.3) is 0 Å². The molecule has 1 aromatic rings. The van der Waals surface area contributed by atoms with E-state index in [2.05, 4.69) is 62.5 Å². The third kappa shape index (κ3) is 3.30. The molecule has 16 heavy (non-hydrogen) atoms. The van der Waals surface area contributed by atoms with Crippen LogP contribution in [0.2, 0.25) is 0 Å². The lowest BCUT2D eigenvalue weighted by molar-refractivity contribution is 0.561. The van der Waals surface area contributed by atoms with Crippen LogP contribution in [0.15, 0.2) is 36.7 Å². The third-order valence-electron chi connectivity index (χ3n) is 2.53. The second-order valence-electron chi connectivity index (χ2n) is 4.59. The minimum absolute atomic E-state index is 0.548. The summed E-state index contributed by atoms with van der Waals surface area (Å²) in [6, 6.07) is 8.54. The van der Waals surface area contributed by atoms with Crippen molar-refractivity contribution < 1.29 is 0 Å². The van der Waals surface area contributed by atoms with Crippen molar-refractivity contribution in [2.75, 3.05) is 26.0 Å². The first kappa shape index (κ1) is 12.6. The van der Waals surface area contributed by atoms with Crippen molar-refractivity contribution in [3.63, 3.8) is 0 Å². The summed E-state index contributed by atoms with van der Waals surface area (Å²) in [6.07, 6.45) is 4.14. The Morgan fingerprint density at radius 3 is 2.19 bits per heavy atom. The van der Waals surface area contributed by atoms with Gasteiger partial charge in [-0.2, -0.15) is 0 Å². The molecule has 0 bridgehead atoms. The van der Waals surface area contributed by atoms with E-state index in [0.717, 1.165) is 0 Å². The Balaban J connectivity index is 2.94. The van der Waals surface area contributed by atoms with E-state index < -0.39 is 0 Å². The molecule has 88 valence electrons. The number of hydrogen-bond donors (Lipinski definition) is 0. The smallest absolute Gasteiger partial charge is 0.0439 e. The lowest BCUT2D eigenvalue weighted by atomic mass is 10.0. The molecule has 2 nitrogen and oxygen atoms in total. The summed E-state index contributed by atoms with van der Waals surface area (Å²) in [5.74, 6) is 0.548. The molecular formula is C14H22N2. The van der Waals surface area contributed by atoms with Crippen molar-refractivity contribution in [1.29, 1.82) is 0 Å². The van der Waals surface area contributed by atoms with E-state index in [1.54, 1.807) is 0 Å². The number of anilines is 1. The van der Waals surface area contributed by atoms with Crippen LogP contribution in [0.1, 0.15) is 25.3 Å². The average Bonchev–Trinajstić information content (AvgIpc) is 2.25. The molecule has 0 radical (unpaired) electrons. The molecule has 0 unspecified atom stereocenters. The molecule has 0 atom stereocenters. The van der Waals surface area contributed by atoms with Crippen LogP contribution in [-0.2, 0) is 0 Å². The quantitative estimate of drug-likeness (QED) is 0.765. The van der Waals surface area contributed by atoms with E-state index in [1.807, 2.05) is 19.0 Å². The molecular weight excluding hydrogens is 196 g/mol. The fraction of sp³-hybridized carbons (Fsp3) is 0.429. The first-order valence-electron chi connectivity index (χ1n) is 5.69. The lowest BCUT2D eigenvalue weighted by Gasteiger charge is -2.21. The summed E-state index contributed by atoms with van der Waals surface area (Å²) < 4.78 is 0. The zero-order valence-electron chi connectivity index (χ0n) is 10.9. The van der Waals surface area contributed by atoms with Crippen LogP contribution in [0.25, 0.3) is 0 Å². The second-order valence-corrected chi connectivity index (χ2v) is 4.59. The summed E-state index contributed by atoms with van der Waals surface area (Å²) in [6.45, 7) is 4.45. The number of rotatable bonds is 4. The third-order valence-corrected chi connectivity index (χ3v) is 2.53. The van der Waals surface area contributed by atoms with Crippen LogP contribution in [0.4, 0.5) is 5.69 Å². The lowest BCUT2D eigenvalue weighted by Crippen LogP contribution is -2.13. The maximum atomic E-state index is 2.22. The van der Waals surface area contributed by atoms with E-state index in [-0.39, 0.29) is 0 Å². The Bertz CT molecular complexity index is 354. The van der Waals surface area contributed by atoms with Gasteiger partial charge in [-0.25, -0.2) is 0 Å². The highest BCUT2D eigenvalue weighted by Crippen LogP contribution is 2.26. The zero-order chi connectivity index (χ0) is 12.1. The first-order valence-corrected chi connectivity index (χ1v) is 5.69. The molecule has 0 fully saturated rings. The molecule has 0 spiro atoms. The van der Waals surface area contributed by atoms with Crippen LogP contribution >= 0.6 is 0 Å². The summed E-state index contributed by atoms with van der Waals surface area (Å²) in [4.78, 5) is 4.20.